The SMILES string of the molecule is CCCC[C@@H](CC)CNC(=O)C1CCN(Cc2ccc(Cl)c(Cl)c2)CC1. The van der Waals surface area contributed by atoms with E-state index in [1.54, 1.807) is 0 Å². The van der Waals surface area contributed by atoms with Crippen molar-refractivity contribution in [2.24, 2.45) is 11.8 Å². The van der Waals surface area contributed by atoms with Crippen molar-refractivity contribution in [3.8, 4) is 0 Å². The van der Waals surface area contributed by atoms with Gasteiger partial charge in [-0.25, -0.2) is 0 Å². The highest BCUT2D eigenvalue weighted by atomic mass is 35.5. The number of likely N-dealkylation sites (tertiary alicyclic amines) is 1. The molecule has 1 saturated heterocycles. The van der Waals surface area contributed by atoms with Gasteiger partial charge in [0.15, 0.2) is 0 Å². The number of unbranched alkanes of at least 4 members (excludes halogenated alkanes) is 1. The van der Waals surface area contributed by atoms with Crippen molar-refractivity contribution < 1.29 is 4.79 Å². The zero-order chi connectivity index (χ0) is 18.9. The number of nitrogens with one attached hydrogen (secondary N) is 1. The molecule has 146 valence electrons. The van der Waals surface area contributed by atoms with E-state index >= 15 is 0 Å². The molecule has 5 heteroatoms. The van der Waals surface area contributed by atoms with Crippen molar-refractivity contribution in [3.63, 3.8) is 0 Å². The van der Waals surface area contributed by atoms with E-state index in [4.69, 9.17) is 23.2 Å². The maximum absolute atomic E-state index is 12.5. The van der Waals surface area contributed by atoms with Gasteiger partial charge in [0.25, 0.3) is 0 Å². The Balaban J connectivity index is 1.73. The second kappa shape index (κ2) is 11.2. The Morgan fingerprint density at radius 2 is 1.96 bits per heavy atom. The summed E-state index contributed by atoms with van der Waals surface area (Å²) in [6.45, 7) is 8.03. The second-order valence-corrected chi connectivity index (χ2v) is 8.27. The molecule has 1 fully saturated rings. The summed E-state index contributed by atoms with van der Waals surface area (Å²) in [4.78, 5) is 14.9. The van der Waals surface area contributed by atoms with Crippen LogP contribution in [0.4, 0.5) is 0 Å². The van der Waals surface area contributed by atoms with Crippen LogP contribution in [0.25, 0.3) is 0 Å². The number of halogens is 2. The summed E-state index contributed by atoms with van der Waals surface area (Å²) in [6, 6.07) is 5.81. The number of hydrogen-bond acceptors (Lipinski definition) is 2. The summed E-state index contributed by atoms with van der Waals surface area (Å²) >= 11 is 12.1. The molecular formula is C21H32Cl2N2O. The van der Waals surface area contributed by atoms with Crippen LogP contribution in [0.1, 0.15) is 57.9 Å². The van der Waals surface area contributed by atoms with Crippen LogP contribution in [0, 0.1) is 11.8 Å². The van der Waals surface area contributed by atoms with Crippen LogP contribution in [0.2, 0.25) is 10.0 Å². The highest BCUT2D eigenvalue weighted by Crippen LogP contribution is 2.25. The van der Waals surface area contributed by atoms with E-state index in [2.05, 4.69) is 24.1 Å². The van der Waals surface area contributed by atoms with E-state index in [-0.39, 0.29) is 11.8 Å². The van der Waals surface area contributed by atoms with Gasteiger partial charge in [0.1, 0.15) is 0 Å². The minimum atomic E-state index is 0.156. The molecule has 0 aliphatic carbocycles. The van der Waals surface area contributed by atoms with E-state index in [0.29, 0.717) is 16.0 Å². The van der Waals surface area contributed by atoms with E-state index < -0.39 is 0 Å². The Bertz CT molecular complexity index is 571. The highest BCUT2D eigenvalue weighted by molar-refractivity contribution is 6.42. The molecule has 0 bridgehead atoms. The third kappa shape index (κ3) is 6.75. The quantitative estimate of drug-likeness (QED) is 0.592. The molecule has 1 atom stereocenters. The largest absolute Gasteiger partial charge is 0.356 e. The standard InChI is InChI=1S/C21H32Cl2N2O/c1-3-5-6-16(4-2)14-24-21(26)18-9-11-25(12-10-18)15-17-7-8-19(22)20(23)13-17/h7-8,13,16,18H,3-6,9-12,14-15H2,1-2H3,(H,24,26)/t16-/m1/s1. The molecule has 1 aliphatic heterocycles. The minimum absolute atomic E-state index is 0.156. The lowest BCUT2D eigenvalue weighted by molar-refractivity contribution is -0.126. The van der Waals surface area contributed by atoms with Gasteiger partial charge in [-0.3, -0.25) is 9.69 Å². The number of rotatable bonds is 9. The topological polar surface area (TPSA) is 32.3 Å². The van der Waals surface area contributed by atoms with Crippen LogP contribution in [0.5, 0.6) is 0 Å². The molecule has 2 rings (SSSR count). The number of carbonyl (C=O) groups is 1. The van der Waals surface area contributed by atoms with Gasteiger partial charge in [-0.1, -0.05) is 62.4 Å². The van der Waals surface area contributed by atoms with Crippen LogP contribution in [0.15, 0.2) is 18.2 Å². The second-order valence-electron chi connectivity index (χ2n) is 7.46. The minimum Gasteiger partial charge on any atom is -0.356 e. The van der Waals surface area contributed by atoms with E-state index in [9.17, 15) is 4.79 Å². The van der Waals surface area contributed by atoms with Gasteiger partial charge < -0.3 is 5.32 Å². The van der Waals surface area contributed by atoms with Crippen molar-refractivity contribution in [1.82, 2.24) is 10.2 Å². The summed E-state index contributed by atoms with van der Waals surface area (Å²) in [7, 11) is 0. The van der Waals surface area contributed by atoms with Gasteiger partial charge in [-0.2, -0.15) is 0 Å². The maximum Gasteiger partial charge on any atom is 0.223 e. The third-order valence-corrected chi connectivity index (χ3v) is 6.20. The molecule has 1 aromatic carbocycles. The van der Waals surface area contributed by atoms with E-state index in [1.165, 1.54) is 24.8 Å². The summed E-state index contributed by atoms with van der Waals surface area (Å²) in [5.41, 5.74) is 1.17. The van der Waals surface area contributed by atoms with Gasteiger partial charge in [-0.05, 0) is 56.0 Å². The van der Waals surface area contributed by atoms with E-state index in [1.807, 2.05) is 18.2 Å². The maximum atomic E-state index is 12.5. The van der Waals surface area contributed by atoms with Crippen molar-refractivity contribution in [3.05, 3.63) is 33.8 Å². The normalized spacial score (nSPS) is 17.2. The fraction of sp³-hybridized carbons (Fsp3) is 0.667. The van der Waals surface area contributed by atoms with Gasteiger partial charge >= 0.3 is 0 Å². The van der Waals surface area contributed by atoms with Crippen LogP contribution in [0.3, 0.4) is 0 Å². The van der Waals surface area contributed by atoms with Gasteiger partial charge in [-0.15, -0.1) is 0 Å². The molecule has 3 nitrogen and oxygen atoms in total. The van der Waals surface area contributed by atoms with Crippen LogP contribution < -0.4 is 5.32 Å². The molecule has 0 radical (unpaired) electrons. The number of nitrogens with zero attached hydrogens (tertiary/aromatic N) is 1. The predicted molar refractivity (Wildman–Crippen MR) is 111 cm³/mol. The molecule has 1 N–H and O–H groups in total. The molecule has 26 heavy (non-hydrogen) atoms. The smallest absolute Gasteiger partial charge is 0.223 e. The number of piperidine rings is 1. The lowest BCUT2D eigenvalue weighted by Gasteiger charge is -2.31. The molecule has 1 aromatic rings. The zero-order valence-electron chi connectivity index (χ0n) is 16.1. The summed E-state index contributed by atoms with van der Waals surface area (Å²) in [6.07, 6.45) is 6.69. The number of benzene rings is 1. The number of carbonyl (C=O) groups excluding carboxylic acids is 1. The first kappa shape index (κ1) is 21.5. The number of hydrogen-bond donors (Lipinski definition) is 1. The van der Waals surface area contributed by atoms with Crippen LogP contribution in [-0.2, 0) is 11.3 Å². The Labute approximate surface area is 168 Å². The molecular weight excluding hydrogens is 367 g/mol. The number of amides is 1. The molecule has 1 amide bonds. The molecule has 0 spiro atoms. The van der Waals surface area contributed by atoms with Crippen molar-refractivity contribution in [2.45, 2.75) is 58.9 Å². The third-order valence-electron chi connectivity index (χ3n) is 5.46. The van der Waals surface area contributed by atoms with Gasteiger partial charge in [0, 0.05) is 19.0 Å². The van der Waals surface area contributed by atoms with Crippen LogP contribution >= 0.6 is 23.2 Å². The first-order chi connectivity index (χ1) is 12.5. The Morgan fingerprint density at radius 3 is 2.58 bits per heavy atom. The first-order valence-electron chi connectivity index (χ1n) is 9.97. The van der Waals surface area contributed by atoms with Gasteiger partial charge in [0.05, 0.1) is 10.0 Å². The molecule has 0 saturated carbocycles. The summed E-state index contributed by atoms with van der Waals surface area (Å²) in [5, 5.41) is 4.40. The predicted octanol–water partition coefficient (Wildman–Crippen LogP) is 5.54. The van der Waals surface area contributed by atoms with Gasteiger partial charge in [0.2, 0.25) is 5.91 Å². The summed E-state index contributed by atoms with van der Waals surface area (Å²) in [5.74, 6) is 1.02. The monoisotopic (exact) mass is 398 g/mol. The van der Waals surface area contributed by atoms with Crippen molar-refractivity contribution in [2.75, 3.05) is 19.6 Å². The lowest BCUT2D eigenvalue weighted by Crippen LogP contribution is -2.41. The Morgan fingerprint density at radius 1 is 1.23 bits per heavy atom. The highest BCUT2D eigenvalue weighted by Gasteiger charge is 2.25. The van der Waals surface area contributed by atoms with Crippen molar-refractivity contribution >= 4 is 29.1 Å². The Hall–Kier alpha value is -0.770. The first-order valence-corrected chi connectivity index (χ1v) is 10.7. The molecule has 1 aliphatic rings. The van der Waals surface area contributed by atoms with Crippen molar-refractivity contribution in [1.29, 1.82) is 0 Å². The summed E-state index contributed by atoms with van der Waals surface area (Å²) < 4.78 is 0. The average molecular weight is 399 g/mol. The lowest BCUT2D eigenvalue weighted by atomic mass is 9.94. The zero-order valence-corrected chi connectivity index (χ0v) is 17.6. The van der Waals surface area contributed by atoms with E-state index in [0.717, 1.165) is 45.4 Å². The molecule has 0 aromatic heterocycles. The fourth-order valence-corrected chi connectivity index (χ4v) is 3.90. The van der Waals surface area contributed by atoms with Crippen LogP contribution in [-0.4, -0.2) is 30.4 Å². The molecule has 1 heterocycles. The average Bonchev–Trinajstić information content (AvgIpc) is 2.65. The Kier molecular flexibility index (Phi) is 9.24. The fourth-order valence-electron chi connectivity index (χ4n) is 3.58. The molecule has 0 unspecified atom stereocenters.